The Morgan fingerprint density at radius 3 is 2.57 bits per heavy atom. The predicted molar refractivity (Wildman–Crippen MR) is 78.3 cm³/mol. The van der Waals surface area contributed by atoms with Gasteiger partial charge in [-0.3, -0.25) is 9.69 Å². The summed E-state index contributed by atoms with van der Waals surface area (Å²) in [4.78, 5) is 26.0. The van der Waals surface area contributed by atoms with E-state index in [0.29, 0.717) is 24.3 Å². The van der Waals surface area contributed by atoms with Gasteiger partial charge in [0.05, 0.1) is 7.11 Å². The van der Waals surface area contributed by atoms with E-state index in [1.807, 2.05) is 18.2 Å². The Kier molecular flexibility index (Phi) is 4.21. The van der Waals surface area contributed by atoms with E-state index in [1.54, 1.807) is 33.9 Å². The van der Waals surface area contributed by atoms with Crippen LogP contribution >= 0.6 is 0 Å². The first-order valence-electron chi connectivity index (χ1n) is 6.99. The maximum Gasteiger partial charge on any atom is 0.411 e. The standard InChI is InChI=1S/C16H21NO4/c1-16(2,3)21-15(19)17-10-9-12(18)14(17)11-7-5-6-8-13(11)20-4/h5-8,14H,9-10H2,1-4H3. The van der Waals surface area contributed by atoms with Crippen LogP contribution in [0.3, 0.4) is 0 Å². The molecule has 1 amide bonds. The number of carbonyl (C=O) groups excluding carboxylic acids is 2. The van der Waals surface area contributed by atoms with Crippen LogP contribution in [0.5, 0.6) is 5.75 Å². The number of nitrogens with zero attached hydrogens (tertiary/aromatic N) is 1. The molecule has 0 aromatic heterocycles. The van der Waals surface area contributed by atoms with Crippen molar-refractivity contribution in [3.05, 3.63) is 29.8 Å². The van der Waals surface area contributed by atoms with Gasteiger partial charge in [0.15, 0.2) is 5.78 Å². The summed E-state index contributed by atoms with van der Waals surface area (Å²) in [5.74, 6) is 0.608. The third kappa shape index (κ3) is 3.35. The first-order chi connectivity index (χ1) is 9.83. The zero-order chi connectivity index (χ0) is 15.6. The summed E-state index contributed by atoms with van der Waals surface area (Å²) >= 11 is 0. The number of amides is 1. The van der Waals surface area contributed by atoms with Crippen LogP contribution < -0.4 is 4.74 Å². The molecule has 0 spiro atoms. The van der Waals surface area contributed by atoms with Crippen molar-refractivity contribution in [1.82, 2.24) is 4.90 Å². The highest BCUT2D eigenvalue weighted by molar-refractivity contribution is 5.92. The van der Waals surface area contributed by atoms with Gasteiger partial charge in [-0.2, -0.15) is 0 Å². The Balaban J connectivity index is 2.31. The first-order valence-corrected chi connectivity index (χ1v) is 6.99. The number of ether oxygens (including phenoxy) is 2. The van der Waals surface area contributed by atoms with Gasteiger partial charge in [-0.1, -0.05) is 18.2 Å². The van der Waals surface area contributed by atoms with Crippen LogP contribution in [-0.2, 0) is 9.53 Å². The number of rotatable bonds is 2. The lowest BCUT2D eigenvalue weighted by molar-refractivity contribution is -0.120. The molecule has 1 unspecified atom stereocenters. The molecule has 114 valence electrons. The minimum Gasteiger partial charge on any atom is -0.496 e. The van der Waals surface area contributed by atoms with Crippen molar-refractivity contribution < 1.29 is 19.1 Å². The molecule has 1 aromatic rings. The number of ketones is 1. The van der Waals surface area contributed by atoms with Crippen molar-refractivity contribution in [1.29, 1.82) is 0 Å². The lowest BCUT2D eigenvalue weighted by atomic mass is 10.0. The molecule has 5 nitrogen and oxygen atoms in total. The maximum absolute atomic E-state index is 12.3. The van der Waals surface area contributed by atoms with Crippen LogP contribution in [0.1, 0.15) is 38.8 Å². The fourth-order valence-electron chi connectivity index (χ4n) is 2.42. The molecular formula is C16H21NO4. The second-order valence-corrected chi connectivity index (χ2v) is 6.03. The molecule has 1 aliphatic heterocycles. The highest BCUT2D eigenvalue weighted by Gasteiger charge is 2.40. The highest BCUT2D eigenvalue weighted by atomic mass is 16.6. The molecule has 5 heteroatoms. The summed E-state index contributed by atoms with van der Waals surface area (Å²) < 4.78 is 10.7. The Morgan fingerprint density at radius 2 is 1.95 bits per heavy atom. The summed E-state index contributed by atoms with van der Waals surface area (Å²) in [5.41, 5.74) is 0.113. The molecule has 0 bridgehead atoms. The van der Waals surface area contributed by atoms with Gasteiger partial charge in [0.2, 0.25) is 0 Å². The summed E-state index contributed by atoms with van der Waals surface area (Å²) in [6, 6.07) is 6.63. The Bertz CT molecular complexity index is 547. The molecule has 0 radical (unpaired) electrons. The molecule has 1 aromatic carbocycles. The fraction of sp³-hybridized carbons (Fsp3) is 0.500. The molecule has 0 saturated carbocycles. The van der Waals surface area contributed by atoms with E-state index in [0.717, 1.165) is 0 Å². The second-order valence-electron chi connectivity index (χ2n) is 6.03. The monoisotopic (exact) mass is 291 g/mol. The van der Waals surface area contributed by atoms with E-state index in [9.17, 15) is 9.59 Å². The summed E-state index contributed by atoms with van der Waals surface area (Å²) in [7, 11) is 1.55. The van der Waals surface area contributed by atoms with E-state index in [-0.39, 0.29) is 5.78 Å². The molecule has 0 aliphatic carbocycles. The molecule has 1 heterocycles. The van der Waals surface area contributed by atoms with Crippen molar-refractivity contribution in [3.8, 4) is 5.75 Å². The normalized spacial score (nSPS) is 18.8. The number of methoxy groups -OCH3 is 1. The molecule has 1 fully saturated rings. The second kappa shape index (κ2) is 5.76. The first kappa shape index (κ1) is 15.4. The van der Waals surface area contributed by atoms with Crippen LogP contribution in [0.4, 0.5) is 4.79 Å². The summed E-state index contributed by atoms with van der Waals surface area (Å²) in [6.45, 7) is 5.79. The quantitative estimate of drug-likeness (QED) is 0.840. The number of para-hydroxylation sites is 1. The number of likely N-dealkylation sites (tertiary alicyclic amines) is 1. The average molecular weight is 291 g/mol. The molecule has 2 rings (SSSR count). The van der Waals surface area contributed by atoms with Crippen molar-refractivity contribution in [2.24, 2.45) is 0 Å². The molecule has 1 atom stereocenters. The molecule has 21 heavy (non-hydrogen) atoms. The van der Waals surface area contributed by atoms with E-state index >= 15 is 0 Å². The van der Waals surface area contributed by atoms with Gasteiger partial charge in [0.1, 0.15) is 17.4 Å². The van der Waals surface area contributed by atoms with Gasteiger partial charge in [0, 0.05) is 18.5 Å². The summed E-state index contributed by atoms with van der Waals surface area (Å²) in [6.07, 6.45) is -0.133. The van der Waals surface area contributed by atoms with E-state index < -0.39 is 17.7 Å². The van der Waals surface area contributed by atoms with Crippen LogP contribution in [-0.4, -0.2) is 36.0 Å². The van der Waals surface area contributed by atoms with Gasteiger partial charge >= 0.3 is 6.09 Å². The average Bonchev–Trinajstić information content (AvgIpc) is 2.78. The van der Waals surface area contributed by atoms with E-state index in [2.05, 4.69) is 0 Å². The van der Waals surface area contributed by atoms with Gasteiger partial charge in [-0.05, 0) is 26.8 Å². The van der Waals surface area contributed by atoms with Crippen LogP contribution in [0, 0.1) is 0 Å². The fourth-order valence-corrected chi connectivity index (χ4v) is 2.42. The van der Waals surface area contributed by atoms with Crippen LogP contribution in [0.25, 0.3) is 0 Å². The minimum atomic E-state index is -0.629. The number of benzene rings is 1. The molecule has 1 saturated heterocycles. The molecular weight excluding hydrogens is 270 g/mol. The molecule has 1 aliphatic rings. The minimum absolute atomic E-state index is 0.00496. The van der Waals surface area contributed by atoms with Gasteiger partial charge in [0.25, 0.3) is 0 Å². The Labute approximate surface area is 124 Å². The van der Waals surface area contributed by atoms with Crippen LogP contribution in [0.15, 0.2) is 24.3 Å². The van der Waals surface area contributed by atoms with Crippen molar-refractivity contribution in [2.75, 3.05) is 13.7 Å². The van der Waals surface area contributed by atoms with Gasteiger partial charge in [-0.15, -0.1) is 0 Å². The largest absolute Gasteiger partial charge is 0.496 e. The molecule has 0 N–H and O–H groups in total. The smallest absolute Gasteiger partial charge is 0.411 e. The lowest BCUT2D eigenvalue weighted by Gasteiger charge is -2.28. The van der Waals surface area contributed by atoms with Crippen molar-refractivity contribution in [2.45, 2.75) is 38.8 Å². The van der Waals surface area contributed by atoms with E-state index in [1.165, 1.54) is 4.90 Å². The summed E-state index contributed by atoms with van der Waals surface area (Å²) in [5, 5.41) is 0. The predicted octanol–water partition coefficient (Wildman–Crippen LogP) is 2.95. The maximum atomic E-state index is 12.3. The van der Waals surface area contributed by atoms with Gasteiger partial charge < -0.3 is 9.47 Å². The Hall–Kier alpha value is -2.04. The number of Topliss-reactive ketones (excluding diaryl/α,β-unsaturated/α-hetero) is 1. The zero-order valence-corrected chi connectivity index (χ0v) is 12.9. The highest BCUT2D eigenvalue weighted by Crippen LogP contribution is 2.35. The Morgan fingerprint density at radius 1 is 1.29 bits per heavy atom. The lowest BCUT2D eigenvalue weighted by Crippen LogP contribution is -2.37. The third-order valence-electron chi connectivity index (χ3n) is 3.28. The van der Waals surface area contributed by atoms with Crippen molar-refractivity contribution >= 4 is 11.9 Å². The zero-order valence-electron chi connectivity index (χ0n) is 12.9. The van der Waals surface area contributed by atoms with Crippen LogP contribution in [0.2, 0.25) is 0 Å². The van der Waals surface area contributed by atoms with Crippen molar-refractivity contribution in [3.63, 3.8) is 0 Å². The number of hydrogen-bond donors (Lipinski definition) is 0. The van der Waals surface area contributed by atoms with Gasteiger partial charge in [-0.25, -0.2) is 4.79 Å². The third-order valence-corrected chi connectivity index (χ3v) is 3.28. The topological polar surface area (TPSA) is 55.8 Å². The number of carbonyl (C=O) groups is 2. The SMILES string of the molecule is COc1ccccc1C1C(=O)CCN1C(=O)OC(C)(C)C. The number of hydrogen-bond acceptors (Lipinski definition) is 4. The van der Waals surface area contributed by atoms with E-state index in [4.69, 9.17) is 9.47 Å².